The van der Waals surface area contributed by atoms with E-state index in [-0.39, 0.29) is 11.9 Å². The number of carbonyl (C=O) groups is 1. The Hall–Kier alpha value is -1.98. The van der Waals surface area contributed by atoms with Crippen molar-refractivity contribution < 1.29 is 4.79 Å². The van der Waals surface area contributed by atoms with E-state index in [1.54, 1.807) is 29.6 Å². The Labute approximate surface area is 150 Å². The fourth-order valence-electron chi connectivity index (χ4n) is 2.56. The SMILES string of the molecule is CC(=O)NC(C)CCc1ccc(-c2csc(-c3cccs3)n2)cc1. The summed E-state index contributed by atoms with van der Waals surface area (Å²) in [7, 11) is 0. The molecule has 0 spiro atoms. The molecule has 0 saturated heterocycles. The van der Waals surface area contributed by atoms with Gasteiger partial charge in [0.1, 0.15) is 5.01 Å². The highest BCUT2D eigenvalue weighted by Gasteiger charge is 2.08. The Morgan fingerprint density at radius 1 is 1.21 bits per heavy atom. The first kappa shape index (κ1) is 16.9. The zero-order chi connectivity index (χ0) is 16.9. The van der Waals surface area contributed by atoms with Gasteiger partial charge in [-0.05, 0) is 36.8 Å². The molecule has 2 aromatic heterocycles. The minimum absolute atomic E-state index is 0.0305. The summed E-state index contributed by atoms with van der Waals surface area (Å²) >= 11 is 3.40. The van der Waals surface area contributed by atoms with Gasteiger partial charge in [-0.2, -0.15) is 0 Å². The van der Waals surface area contributed by atoms with Crippen LogP contribution in [0.5, 0.6) is 0 Å². The first-order valence-corrected chi connectivity index (χ1v) is 9.73. The summed E-state index contributed by atoms with van der Waals surface area (Å²) in [5, 5.41) is 8.19. The van der Waals surface area contributed by atoms with E-state index in [0.717, 1.165) is 29.1 Å². The highest BCUT2D eigenvalue weighted by atomic mass is 32.1. The van der Waals surface area contributed by atoms with Gasteiger partial charge >= 0.3 is 0 Å². The van der Waals surface area contributed by atoms with E-state index in [1.807, 2.05) is 6.92 Å². The molecule has 1 N–H and O–H groups in total. The summed E-state index contributed by atoms with van der Waals surface area (Å²) in [6.45, 7) is 3.60. The number of thiazole rings is 1. The predicted octanol–water partition coefficient (Wildman–Crippen LogP) is 5.00. The molecule has 24 heavy (non-hydrogen) atoms. The third-order valence-electron chi connectivity index (χ3n) is 3.80. The lowest BCUT2D eigenvalue weighted by atomic mass is 10.0. The van der Waals surface area contributed by atoms with Gasteiger partial charge in [0.15, 0.2) is 0 Å². The highest BCUT2D eigenvalue weighted by Crippen LogP contribution is 2.31. The molecule has 1 atom stereocenters. The van der Waals surface area contributed by atoms with Crippen molar-refractivity contribution in [1.29, 1.82) is 0 Å². The number of thiophene rings is 1. The van der Waals surface area contributed by atoms with Gasteiger partial charge in [-0.15, -0.1) is 22.7 Å². The molecule has 3 aromatic rings. The van der Waals surface area contributed by atoms with E-state index in [2.05, 4.69) is 52.5 Å². The molecule has 124 valence electrons. The number of hydrogen-bond donors (Lipinski definition) is 1. The maximum atomic E-state index is 11.0. The number of nitrogens with zero attached hydrogens (tertiary/aromatic N) is 1. The van der Waals surface area contributed by atoms with Crippen molar-refractivity contribution in [3.8, 4) is 21.1 Å². The van der Waals surface area contributed by atoms with Crippen molar-refractivity contribution in [3.63, 3.8) is 0 Å². The summed E-state index contributed by atoms with van der Waals surface area (Å²) in [5.41, 5.74) is 3.46. The molecule has 3 nitrogen and oxygen atoms in total. The quantitative estimate of drug-likeness (QED) is 0.675. The summed E-state index contributed by atoms with van der Waals surface area (Å²) in [4.78, 5) is 17.0. The Bertz CT molecular complexity index is 791. The monoisotopic (exact) mass is 356 g/mol. The van der Waals surface area contributed by atoms with Gasteiger partial charge in [0, 0.05) is 23.9 Å². The van der Waals surface area contributed by atoms with Gasteiger partial charge in [-0.25, -0.2) is 4.98 Å². The van der Waals surface area contributed by atoms with Crippen molar-refractivity contribution in [2.24, 2.45) is 0 Å². The van der Waals surface area contributed by atoms with E-state index in [9.17, 15) is 4.79 Å². The van der Waals surface area contributed by atoms with Gasteiger partial charge in [0.2, 0.25) is 5.91 Å². The third kappa shape index (κ3) is 4.30. The van der Waals surface area contributed by atoms with E-state index in [0.29, 0.717) is 0 Å². The molecule has 3 rings (SSSR count). The third-order valence-corrected chi connectivity index (χ3v) is 5.68. The summed E-state index contributed by atoms with van der Waals surface area (Å²) in [6, 6.07) is 12.9. The number of amides is 1. The van der Waals surface area contributed by atoms with Crippen LogP contribution in [-0.4, -0.2) is 16.9 Å². The van der Waals surface area contributed by atoms with Crippen LogP contribution in [-0.2, 0) is 11.2 Å². The molecule has 0 fully saturated rings. The maximum absolute atomic E-state index is 11.0. The van der Waals surface area contributed by atoms with Crippen LogP contribution in [0.3, 0.4) is 0 Å². The van der Waals surface area contributed by atoms with Gasteiger partial charge in [-0.1, -0.05) is 30.3 Å². The molecule has 0 aliphatic rings. The number of aryl methyl sites for hydroxylation is 1. The molecule has 0 aliphatic heterocycles. The van der Waals surface area contributed by atoms with Crippen LogP contribution in [0.2, 0.25) is 0 Å². The zero-order valence-electron chi connectivity index (χ0n) is 13.8. The normalized spacial score (nSPS) is 12.1. The van der Waals surface area contributed by atoms with Gasteiger partial charge in [0.25, 0.3) is 0 Å². The van der Waals surface area contributed by atoms with Crippen molar-refractivity contribution in [1.82, 2.24) is 10.3 Å². The Morgan fingerprint density at radius 3 is 2.67 bits per heavy atom. The highest BCUT2D eigenvalue weighted by molar-refractivity contribution is 7.20. The molecule has 1 aromatic carbocycles. The van der Waals surface area contributed by atoms with Crippen LogP contribution < -0.4 is 5.32 Å². The molecular weight excluding hydrogens is 336 g/mol. The van der Waals surface area contributed by atoms with Crippen LogP contribution in [0.15, 0.2) is 47.2 Å². The fraction of sp³-hybridized carbons (Fsp3) is 0.263. The summed E-state index contributed by atoms with van der Waals surface area (Å²) in [6.07, 6.45) is 1.90. The first-order chi connectivity index (χ1) is 11.6. The average Bonchev–Trinajstić information content (AvgIpc) is 3.24. The number of benzene rings is 1. The van der Waals surface area contributed by atoms with Crippen molar-refractivity contribution >= 4 is 28.6 Å². The fourth-order valence-corrected chi connectivity index (χ4v) is 4.21. The second kappa shape index (κ2) is 7.73. The molecule has 2 heterocycles. The topological polar surface area (TPSA) is 42.0 Å². The molecule has 5 heteroatoms. The van der Waals surface area contributed by atoms with Crippen LogP contribution >= 0.6 is 22.7 Å². The predicted molar refractivity (Wildman–Crippen MR) is 102 cm³/mol. The lowest BCUT2D eigenvalue weighted by Crippen LogP contribution is -2.30. The number of nitrogens with one attached hydrogen (secondary N) is 1. The molecule has 1 amide bonds. The van der Waals surface area contributed by atoms with E-state index >= 15 is 0 Å². The minimum atomic E-state index is 0.0305. The molecule has 0 bridgehead atoms. The molecule has 0 aliphatic carbocycles. The van der Waals surface area contributed by atoms with Gasteiger partial charge < -0.3 is 5.32 Å². The van der Waals surface area contributed by atoms with Crippen LogP contribution in [0.4, 0.5) is 0 Å². The minimum Gasteiger partial charge on any atom is -0.354 e. The van der Waals surface area contributed by atoms with Crippen molar-refractivity contribution in [2.45, 2.75) is 32.7 Å². The standard InChI is InChI=1S/C19H20N2OS2/c1-13(20-14(2)22)5-6-15-7-9-16(10-8-15)17-12-24-19(21-17)18-4-3-11-23-18/h3-4,7-13H,5-6H2,1-2H3,(H,20,22). The number of carbonyl (C=O) groups excluding carboxylic acids is 1. The van der Waals surface area contributed by atoms with Crippen molar-refractivity contribution in [2.75, 3.05) is 0 Å². The Balaban J connectivity index is 1.63. The van der Waals surface area contributed by atoms with Crippen LogP contribution in [0.1, 0.15) is 25.8 Å². The number of hydrogen-bond acceptors (Lipinski definition) is 4. The molecule has 0 radical (unpaired) electrons. The molecular formula is C19H20N2OS2. The van der Waals surface area contributed by atoms with Crippen molar-refractivity contribution in [3.05, 3.63) is 52.7 Å². The van der Waals surface area contributed by atoms with Gasteiger partial charge in [0.05, 0.1) is 10.6 Å². The van der Waals surface area contributed by atoms with E-state index < -0.39 is 0 Å². The lowest BCUT2D eigenvalue weighted by Gasteiger charge is -2.12. The second-order valence-electron chi connectivity index (χ2n) is 5.85. The lowest BCUT2D eigenvalue weighted by molar-refractivity contribution is -0.119. The first-order valence-electron chi connectivity index (χ1n) is 7.97. The van der Waals surface area contributed by atoms with Crippen LogP contribution in [0.25, 0.3) is 21.1 Å². The Kier molecular flexibility index (Phi) is 5.43. The molecule has 1 unspecified atom stereocenters. The number of aromatic nitrogens is 1. The van der Waals surface area contributed by atoms with Crippen LogP contribution in [0, 0.1) is 0 Å². The summed E-state index contributed by atoms with van der Waals surface area (Å²) in [5.74, 6) is 0.0305. The van der Waals surface area contributed by atoms with E-state index in [1.165, 1.54) is 10.4 Å². The Morgan fingerprint density at radius 2 is 2.00 bits per heavy atom. The largest absolute Gasteiger partial charge is 0.354 e. The maximum Gasteiger partial charge on any atom is 0.217 e. The number of rotatable bonds is 6. The smallest absolute Gasteiger partial charge is 0.217 e. The molecule has 0 saturated carbocycles. The summed E-state index contributed by atoms with van der Waals surface area (Å²) < 4.78 is 0. The average molecular weight is 357 g/mol. The zero-order valence-corrected chi connectivity index (χ0v) is 15.4. The second-order valence-corrected chi connectivity index (χ2v) is 7.66. The van der Waals surface area contributed by atoms with E-state index in [4.69, 9.17) is 4.98 Å². The van der Waals surface area contributed by atoms with Gasteiger partial charge in [-0.3, -0.25) is 4.79 Å².